The molecule has 0 aromatic rings. The van der Waals surface area contributed by atoms with Gasteiger partial charge in [0.15, 0.2) is 0 Å². The molecule has 3 atom stereocenters. The highest BCUT2D eigenvalue weighted by Crippen LogP contribution is 2.45. The summed E-state index contributed by atoms with van der Waals surface area (Å²) in [5.41, 5.74) is -0.168. The second kappa shape index (κ2) is 11.6. The van der Waals surface area contributed by atoms with E-state index < -0.39 is 5.41 Å². The molecule has 2 aliphatic heterocycles. The van der Waals surface area contributed by atoms with Crippen LogP contribution in [0.4, 0.5) is 0 Å². The predicted molar refractivity (Wildman–Crippen MR) is 135 cm³/mol. The highest BCUT2D eigenvalue weighted by Gasteiger charge is 2.50. The van der Waals surface area contributed by atoms with Crippen LogP contribution < -0.4 is 5.32 Å². The molecule has 2 saturated heterocycles. The van der Waals surface area contributed by atoms with E-state index in [0.29, 0.717) is 43.7 Å². The van der Waals surface area contributed by atoms with Gasteiger partial charge in [-0.05, 0) is 49.9 Å². The molecule has 7 heteroatoms. The van der Waals surface area contributed by atoms with Crippen LogP contribution >= 0.6 is 0 Å². The lowest BCUT2D eigenvalue weighted by Crippen LogP contribution is -2.54. The summed E-state index contributed by atoms with van der Waals surface area (Å²) in [7, 11) is 0. The molecule has 35 heavy (non-hydrogen) atoms. The smallest absolute Gasteiger partial charge is 0.223 e. The Bertz CT molecular complexity index is 782. The quantitative estimate of drug-likeness (QED) is 0.590. The number of carbonyl (C=O) groups is 2. The van der Waals surface area contributed by atoms with E-state index >= 15 is 0 Å². The molecule has 4 rings (SSSR count). The largest absolute Gasteiger partial charge is 0.378 e. The van der Waals surface area contributed by atoms with Gasteiger partial charge in [0.1, 0.15) is 0 Å². The third-order valence-corrected chi connectivity index (χ3v) is 9.21. The van der Waals surface area contributed by atoms with E-state index in [-0.39, 0.29) is 30.7 Å². The van der Waals surface area contributed by atoms with Gasteiger partial charge in [0.05, 0.1) is 30.7 Å². The van der Waals surface area contributed by atoms with E-state index in [1.165, 1.54) is 44.9 Å². The van der Waals surface area contributed by atoms with E-state index in [2.05, 4.69) is 30.1 Å². The van der Waals surface area contributed by atoms with Crippen LogP contribution in [0.1, 0.15) is 90.9 Å². The highest BCUT2D eigenvalue weighted by atomic mass is 16.5. The Labute approximate surface area is 211 Å². The maximum Gasteiger partial charge on any atom is 0.223 e. The first-order valence-electron chi connectivity index (χ1n) is 14.1. The number of ether oxygens (including phenoxy) is 1. The van der Waals surface area contributed by atoms with Gasteiger partial charge in [-0.1, -0.05) is 39.5 Å². The van der Waals surface area contributed by atoms with Gasteiger partial charge in [-0.3, -0.25) is 14.5 Å². The number of nitriles is 1. The zero-order valence-electron chi connectivity index (χ0n) is 22.0. The lowest BCUT2D eigenvalue weighted by atomic mass is 9.70. The molecule has 1 N–H and O–H groups in total. The van der Waals surface area contributed by atoms with Crippen LogP contribution in [0.3, 0.4) is 0 Å². The minimum atomic E-state index is -0.534. The predicted octanol–water partition coefficient (Wildman–Crippen LogP) is 3.87. The van der Waals surface area contributed by atoms with Crippen molar-refractivity contribution in [1.82, 2.24) is 15.1 Å². The number of hydrogen-bond acceptors (Lipinski definition) is 5. The van der Waals surface area contributed by atoms with Gasteiger partial charge in [0.2, 0.25) is 11.8 Å². The Hall–Kier alpha value is -1.65. The monoisotopic (exact) mass is 486 g/mol. The molecule has 4 fully saturated rings. The van der Waals surface area contributed by atoms with Crippen molar-refractivity contribution in [2.45, 2.75) is 103 Å². The molecule has 2 amide bonds. The summed E-state index contributed by atoms with van der Waals surface area (Å²) in [6.45, 7) is 8.81. The van der Waals surface area contributed by atoms with Gasteiger partial charge < -0.3 is 15.0 Å². The number of rotatable bonds is 7. The van der Waals surface area contributed by atoms with Gasteiger partial charge in [0.25, 0.3) is 0 Å². The van der Waals surface area contributed by atoms with Crippen molar-refractivity contribution in [3.05, 3.63) is 0 Å². The molecule has 0 spiro atoms. The molecule has 0 radical (unpaired) electrons. The molecule has 7 nitrogen and oxygen atoms in total. The fourth-order valence-electron chi connectivity index (χ4n) is 7.17. The van der Waals surface area contributed by atoms with E-state index in [1.54, 1.807) is 4.90 Å². The summed E-state index contributed by atoms with van der Waals surface area (Å²) in [5, 5.41) is 13.9. The van der Waals surface area contributed by atoms with Crippen molar-refractivity contribution < 1.29 is 14.3 Å². The van der Waals surface area contributed by atoms with Crippen molar-refractivity contribution in [2.75, 3.05) is 39.4 Å². The average Bonchev–Trinajstić information content (AvgIpc) is 3.32. The molecule has 0 bridgehead atoms. The molecule has 2 aliphatic carbocycles. The summed E-state index contributed by atoms with van der Waals surface area (Å²) in [5.74, 6) is 0.304. The van der Waals surface area contributed by atoms with E-state index in [4.69, 9.17) is 4.74 Å². The van der Waals surface area contributed by atoms with Crippen LogP contribution in [0, 0.1) is 28.1 Å². The van der Waals surface area contributed by atoms with Crippen molar-refractivity contribution in [2.24, 2.45) is 16.7 Å². The first kappa shape index (κ1) is 26.4. The van der Waals surface area contributed by atoms with Crippen molar-refractivity contribution in [3.63, 3.8) is 0 Å². The Morgan fingerprint density at radius 3 is 2.46 bits per heavy atom. The summed E-state index contributed by atoms with van der Waals surface area (Å²) < 4.78 is 5.33. The molecular formula is C28H46N4O3. The first-order valence-corrected chi connectivity index (χ1v) is 14.1. The zero-order valence-corrected chi connectivity index (χ0v) is 22.0. The summed E-state index contributed by atoms with van der Waals surface area (Å²) >= 11 is 0. The molecule has 0 unspecified atom stereocenters. The standard InChI is InChI=1S/C28H46N4O3/c1-27(2)12-6-9-23(19-27)32-14-13-28(20-29,21-32)26(22-7-4-3-5-8-22)30-24(33)10-11-25(34)31-15-17-35-18-16-31/h22-23,26H,3-19,21H2,1-2H3,(H,30,33)/t23-,26-,28-/m1/s1. The molecule has 4 aliphatic rings. The second-order valence-electron chi connectivity index (χ2n) is 12.3. The van der Waals surface area contributed by atoms with Crippen LogP contribution in [0.2, 0.25) is 0 Å². The Morgan fingerprint density at radius 1 is 1.03 bits per heavy atom. The van der Waals surface area contributed by atoms with Gasteiger partial charge in [0, 0.05) is 45.1 Å². The Kier molecular flexibility index (Phi) is 8.76. The number of hydrogen-bond donors (Lipinski definition) is 1. The molecule has 2 saturated carbocycles. The molecule has 196 valence electrons. The van der Waals surface area contributed by atoms with Crippen LogP contribution in [-0.4, -0.2) is 73.1 Å². The van der Waals surface area contributed by atoms with E-state index in [1.807, 2.05) is 0 Å². The maximum absolute atomic E-state index is 13.1. The van der Waals surface area contributed by atoms with Crippen LogP contribution in [0.25, 0.3) is 0 Å². The fourth-order valence-corrected chi connectivity index (χ4v) is 7.17. The van der Waals surface area contributed by atoms with Crippen LogP contribution in [0.15, 0.2) is 0 Å². The lowest BCUT2D eigenvalue weighted by molar-refractivity contribution is -0.137. The number of nitrogens with zero attached hydrogens (tertiary/aromatic N) is 3. The lowest BCUT2D eigenvalue weighted by Gasteiger charge is -2.42. The maximum atomic E-state index is 13.1. The normalized spacial score (nSPS) is 31.0. The highest BCUT2D eigenvalue weighted by molar-refractivity contribution is 5.84. The number of nitrogens with one attached hydrogen (secondary N) is 1. The van der Waals surface area contributed by atoms with Crippen molar-refractivity contribution >= 4 is 11.8 Å². The topological polar surface area (TPSA) is 85.7 Å². The minimum absolute atomic E-state index is 0.0274. The Balaban J connectivity index is 1.42. The number of carbonyl (C=O) groups excluding carboxylic acids is 2. The molecule has 0 aromatic carbocycles. The van der Waals surface area contributed by atoms with Crippen LogP contribution in [-0.2, 0) is 14.3 Å². The van der Waals surface area contributed by atoms with Crippen molar-refractivity contribution in [1.29, 1.82) is 5.26 Å². The van der Waals surface area contributed by atoms with Crippen molar-refractivity contribution in [3.8, 4) is 6.07 Å². The molecule has 2 heterocycles. The third-order valence-electron chi connectivity index (χ3n) is 9.21. The number of morpholine rings is 1. The number of likely N-dealkylation sites (tertiary alicyclic amines) is 1. The van der Waals surface area contributed by atoms with E-state index in [0.717, 1.165) is 32.4 Å². The summed E-state index contributed by atoms with van der Waals surface area (Å²) in [4.78, 5) is 30.1. The molecular weight excluding hydrogens is 440 g/mol. The number of amides is 2. The van der Waals surface area contributed by atoms with Gasteiger partial charge in [-0.15, -0.1) is 0 Å². The first-order chi connectivity index (χ1) is 16.8. The van der Waals surface area contributed by atoms with Crippen LogP contribution in [0.5, 0.6) is 0 Å². The third kappa shape index (κ3) is 6.57. The summed E-state index contributed by atoms with van der Waals surface area (Å²) in [6, 6.07) is 3.16. The minimum Gasteiger partial charge on any atom is -0.378 e. The summed E-state index contributed by atoms with van der Waals surface area (Å²) in [6.07, 6.45) is 12.0. The van der Waals surface area contributed by atoms with E-state index in [9.17, 15) is 14.9 Å². The van der Waals surface area contributed by atoms with Gasteiger partial charge in [-0.2, -0.15) is 5.26 Å². The zero-order chi connectivity index (χ0) is 24.9. The average molecular weight is 487 g/mol. The fraction of sp³-hybridized carbons (Fsp3) is 0.893. The van der Waals surface area contributed by atoms with Gasteiger partial charge in [-0.25, -0.2) is 0 Å². The SMILES string of the molecule is CC1(C)CCC[C@@H](N2CC[C@](C#N)([C@H](NC(=O)CCC(=O)N3CCOCC3)C3CCCCC3)C2)C1. The second-order valence-corrected chi connectivity index (χ2v) is 12.3. The van der Waals surface area contributed by atoms with Gasteiger partial charge >= 0.3 is 0 Å². The Morgan fingerprint density at radius 2 is 1.77 bits per heavy atom. The molecule has 0 aromatic heterocycles.